The van der Waals surface area contributed by atoms with Crippen molar-refractivity contribution < 1.29 is 9.90 Å². The van der Waals surface area contributed by atoms with Gasteiger partial charge in [-0.15, -0.1) is 11.3 Å². The fourth-order valence-corrected chi connectivity index (χ4v) is 4.92. The van der Waals surface area contributed by atoms with Gasteiger partial charge in [-0.3, -0.25) is 4.79 Å². The van der Waals surface area contributed by atoms with E-state index in [1.54, 1.807) is 35.6 Å². The zero-order chi connectivity index (χ0) is 18.3. The highest BCUT2D eigenvalue weighted by atomic mass is 35.5. The SMILES string of the molecule is O=C(c1ccc(O)cc1)N1CCc2ccsc2C1c1ccc(Cl)cc1Cl. The number of aromatic hydroxyl groups is 1. The lowest BCUT2D eigenvalue weighted by Crippen LogP contribution is -2.40. The van der Waals surface area contributed by atoms with E-state index in [2.05, 4.69) is 11.4 Å². The second kappa shape index (κ2) is 6.95. The van der Waals surface area contributed by atoms with E-state index in [1.807, 2.05) is 11.0 Å². The van der Waals surface area contributed by atoms with Gasteiger partial charge in [0.05, 0.1) is 6.04 Å². The second-order valence-corrected chi connectivity index (χ2v) is 7.97. The van der Waals surface area contributed by atoms with E-state index in [0.717, 1.165) is 16.9 Å². The lowest BCUT2D eigenvalue weighted by Gasteiger charge is -2.36. The van der Waals surface area contributed by atoms with E-state index >= 15 is 0 Å². The monoisotopic (exact) mass is 403 g/mol. The summed E-state index contributed by atoms with van der Waals surface area (Å²) in [7, 11) is 0. The Morgan fingerprint density at radius 3 is 2.62 bits per heavy atom. The molecule has 1 atom stereocenters. The van der Waals surface area contributed by atoms with E-state index in [1.165, 1.54) is 17.7 Å². The Morgan fingerprint density at radius 2 is 1.88 bits per heavy atom. The number of thiophene rings is 1. The molecule has 3 aromatic rings. The molecular formula is C20H15Cl2NO2S. The number of fused-ring (bicyclic) bond motifs is 1. The third-order valence-corrected chi connectivity index (χ3v) is 6.17. The van der Waals surface area contributed by atoms with Crippen molar-refractivity contribution in [1.82, 2.24) is 4.90 Å². The highest BCUT2D eigenvalue weighted by Crippen LogP contribution is 2.42. The zero-order valence-electron chi connectivity index (χ0n) is 13.7. The first-order valence-electron chi connectivity index (χ1n) is 8.16. The summed E-state index contributed by atoms with van der Waals surface area (Å²) in [6.45, 7) is 0.604. The Labute approximate surface area is 165 Å². The molecule has 0 saturated heterocycles. The van der Waals surface area contributed by atoms with Crippen LogP contribution in [0.4, 0.5) is 0 Å². The van der Waals surface area contributed by atoms with Crippen LogP contribution in [0.3, 0.4) is 0 Å². The Kier molecular flexibility index (Phi) is 4.65. The van der Waals surface area contributed by atoms with Crippen LogP contribution in [-0.2, 0) is 6.42 Å². The molecule has 1 N–H and O–H groups in total. The molecule has 26 heavy (non-hydrogen) atoms. The molecule has 4 rings (SSSR count). The second-order valence-electron chi connectivity index (χ2n) is 6.17. The molecule has 6 heteroatoms. The minimum atomic E-state index is -0.246. The molecule has 2 aromatic carbocycles. The number of hydrogen-bond acceptors (Lipinski definition) is 3. The topological polar surface area (TPSA) is 40.5 Å². The molecule has 0 spiro atoms. The molecular weight excluding hydrogens is 389 g/mol. The minimum Gasteiger partial charge on any atom is -0.508 e. The normalized spacial score (nSPS) is 16.4. The molecule has 1 unspecified atom stereocenters. The van der Waals surface area contributed by atoms with Gasteiger partial charge in [-0.25, -0.2) is 0 Å². The molecule has 2 heterocycles. The highest BCUT2D eigenvalue weighted by Gasteiger charge is 2.34. The van der Waals surface area contributed by atoms with E-state index in [4.69, 9.17) is 23.2 Å². The van der Waals surface area contributed by atoms with E-state index in [9.17, 15) is 9.90 Å². The third-order valence-electron chi connectivity index (χ3n) is 4.59. The number of nitrogens with zero attached hydrogens (tertiary/aromatic N) is 1. The van der Waals surface area contributed by atoms with Crippen LogP contribution in [0.5, 0.6) is 5.75 Å². The number of hydrogen-bond donors (Lipinski definition) is 1. The van der Waals surface area contributed by atoms with Gasteiger partial charge >= 0.3 is 0 Å². The number of amides is 1. The molecule has 0 saturated carbocycles. The lowest BCUT2D eigenvalue weighted by molar-refractivity contribution is 0.0698. The zero-order valence-corrected chi connectivity index (χ0v) is 16.0. The largest absolute Gasteiger partial charge is 0.508 e. The maximum atomic E-state index is 13.2. The molecule has 0 aliphatic carbocycles. The van der Waals surface area contributed by atoms with Crippen molar-refractivity contribution in [3.05, 3.63) is 85.5 Å². The average Bonchev–Trinajstić information content (AvgIpc) is 3.10. The van der Waals surface area contributed by atoms with Gasteiger partial charge in [0, 0.05) is 27.0 Å². The summed E-state index contributed by atoms with van der Waals surface area (Å²) in [5.74, 6) is 0.0538. The number of benzene rings is 2. The molecule has 3 nitrogen and oxygen atoms in total. The van der Waals surface area contributed by atoms with Crippen LogP contribution in [0.1, 0.15) is 32.4 Å². The Bertz CT molecular complexity index is 968. The molecule has 0 radical (unpaired) electrons. The molecule has 1 amide bonds. The van der Waals surface area contributed by atoms with Gasteiger partial charge in [0.1, 0.15) is 5.75 Å². The number of phenols is 1. The van der Waals surface area contributed by atoms with Gasteiger partial charge < -0.3 is 10.0 Å². The van der Waals surface area contributed by atoms with Crippen molar-refractivity contribution in [1.29, 1.82) is 0 Å². The number of halogens is 2. The molecule has 1 aliphatic heterocycles. The fraction of sp³-hybridized carbons (Fsp3) is 0.150. The number of rotatable bonds is 2. The van der Waals surface area contributed by atoms with Crippen LogP contribution in [0.25, 0.3) is 0 Å². The van der Waals surface area contributed by atoms with E-state index < -0.39 is 0 Å². The Hall–Kier alpha value is -2.01. The van der Waals surface area contributed by atoms with Crippen LogP contribution in [0.15, 0.2) is 53.9 Å². The van der Waals surface area contributed by atoms with Gasteiger partial charge in [0.25, 0.3) is 5.91 Å². The van der Waals surface area contributed by atoms with Crippen molar-refractivity contribution in [2.75, 3.05) is 6.54 Å². The third kappa shape index (κ3) is 3.09. The number of phenolic OH excluding ortho intramolecular Hbond substituents is 1. The van der Waals surface area contributed by atoms with Gasteiger partial charge in [-0.2, -0.15) is 0 Å². The quantitative estimate of drug-likeness (QED) is 0.609. The molecule has 1 aliphatic rings. The first-order chi connectivity index (χ1) is 12.5. The smallest absolute Gasteiger partial charge is 0.254 e. The van der Waals surface area contributed by atoms with Crippen LogP contribution in [-0.4, -0.2) is 22.5 Å². The Balaban J connectivity index is 1.80. The summed E-state index contributed by atoms with van der Waals surface area (Å²) in [4.78, 5) is 16.2. The van der Waals surface area contributed by atoms with E-state index in [0.29, 0.717) is 22.2 Å². The summed E-state index contributed by atoms with van der Waals surface area (Å²) in [5, 5.41) is 12.7. The first kappa shape index (κ1) is 17.4. The van der Waals surface area contributed by atoms with Crippen LogP contribution < -0.4 is 0 Å². The Morgan fingerprint density at radius 1 is 1.12 bits per heavy atom. The van der Waals surface area contributed by atoms with Crippen LogP contribution in [0.2, 0.25) is 10.0 Å². The predicted molar refractivity (Wildman–Crippen MR) is 105 cm³/mol. The predicted octanol–water partition coefficient (Wildman–Crippen LogP) is 5.55. The fourth-order valence-electron chi connectivity index (χ4n) is 3.33. The molecule has 1 aromatic heterocycles. The van der Waals surface area contributed by atoms with E-state index in [-0.39, 0.29) is 17.7 Å². The summed E-state index contributed by atoms with van der Waals surface area (Å²) in [5.41, 5.74) is 2.66. The van der Waals surface area contributed by atoms with Gasteiger partial charge in [-0.05, 0) is 65.4 Å². The molecule has 0 bridgehead atoms. The van der Waals surface area contributed by atoms with Crippen molar-refractivity contribution >= 4 is 40.4 Å². The average molecular weight is 404 g/mol. The number of carbonyl (C=O) groups excluding carboxylic acids is 1. The molecule has 132 valence electrons. The van der Waals surface area contributed by atoms with Gasteiger partial charge in [0.2, 0.25) is 0 Å². The standard InChI is InChI=1S/C20H15Cl2NO2S/c21-14-3-6-16(17(22)11-14)18-19-12(8-10-26-19)7-9-23(18)20(25)13-1-4-15(24)5-2-13/h1-6,8,10-11,18,24H,7,9H2. The van der Waals surface area contributed by atoms with Crippen molar-refractivity contribution in [2.45, 2.75) is 12.5 Å². The lowest BCUT2D eigenvalue weighted by atomic mass is 9.94. The van der Waals surface area contributed by atoms with Crippen LogP contribution in [0, 0.1) is 0 Å². The summed E-state index contributed by atoms with van der Waals surface area (Å²) < 4.78 is 0. The summed E-state index contributed by atoms with van der Waals surface area (Å²) in [6, 6.07) is 13.6. The van der Waals surface area contributed by atoms with Crippen molar-refractivity contribution in [3.63, 3.8) is 0 Å². The maximum Gasteiger partial charge on any atom is 0.254 e. The number of carbonyl (C=O) groups is 1. The minimum absolute atomic E-state index is 0.0833. The van der Waals surface area contributed by atoms with Crippen molar-refractivity contribution in [2.24, 2.45) is 0 Å². The summed E-state index contributed by atoms with van der Waals surface area (Å²) >= 11 is 14.2. The van der Waals surface area contributed by atoms with Gasteiger partial charge in [0.15, 0.2) is 0 Å². The maximum absolute atomic E-state index is 13.2. The van der Waals surface area contributed by atoms with Crippen LogP contribution >= 0.6 is 34.5 Å². The molecule has 0 fully saturated rings. The first-order valence-corrected chi connectivity index (χ1v) is 9.79. The van der Waals surface area contributed by atoms with Crippen molar-refractivity contribution in [3.8, 4) is 5.75 Å². The van der Waals surface area contributed by atoms with Gasteiger partial charge in [-0.1, -0.05) is 29.3 Å². The summed E-state index contributed by atoms with van der Waals surface area (Å²) in [6.07, 6.45) is 0.810. The highest BCUT2D eigenvalue weighted by molar-refractivity contribution is 7.10.